The van der Waals surface area contributed by atoms with E-state index in [1.165, 1.54) is 10.5 Å². The Hall–Kier alpha value is -2.33. The largest absolute Gasteiger partial charge is 0.293 e. The molecule has 0 saturated carbocycles. The fourth-order valence-corrected chi connectivity index (χ4v) is 3.44. The van der Waals surface area contributed by atoms with Crippen LogP contribution in [0.4, 0.5) is 4.79 Å². The van der Waals surface area contributed by atoms with Crippen molar-refractivity contribution in [1.82, 2.24) is 4.90 Å². The summed E-state index contributed by atoms with van der Waals surface area (Å²) in [5.74, 6) is -0.194. The van der Waals surface area contributed by atoms with E-state index in [0.29, 0.717) is 17.9 Å². The fraction of sp³-hybridized carbons (Fsp3) is 0.200. The Kier molecular flexibility index (Phi) is 5.16. The molecule has 0 atom stereocenters. The van der Waals surface area contributed by atoms with E-state index in [9.17, 15) is 9.59 Å². The minimum absolute atomic E-state index is 0.188. The third kappa shape index (κ3) is 3.77. The number of rotatable bonds is 5. The van der Waals surface area contributed by atoms with Crippen LogP contribution in [0, 0.1) is 0 Å². The quantitative estimate of drug-likeness (QED) is 0.752. The van der Waals surface area contributed by atoms with Gasteiger partial charge in [-0.2, -0.15) is 0 Å². The third-order valence-electron chi connectivity index (χ3n) is 4.03. The van der Waals surface area contributed by atoms with Gasteiger partial charge in [0.05, 0.1) is 4.91 Å². The van der Waals surface area contributed by atoms with Crippen molar-refractivity contribution in [2.24, 2.45) is 0 Å². The number of aryl methyl sites for hydroxylation is 1. The van der Waals surface area contributed by atoms with Gasteiger partial charge in [0, 0.05) is 6.54 Å². The Morgan fingerprint density at radius 3 is 2.33 bits per heavy atom. The zero-order chi connectivity index (χ0) is 16.9. The molecule has 0 aliphatic carbocycles. The molecule has 1 fully saturated rings. The zero-order valence-corrected chi connectivity index (χ0v) is 14.4. The van der Waals surface area contributed by atoms with E-state index in [0.717, 1.165) is 29.3 Å². The molecule has 1 aliphatic rings. The van der Waals surface area contributed by atoms with E-state index in [1.807, 2.05) is 54.6 Å². The maximum Gasteiger partial charge on any atom is 0.293 e. The summed E-state index contributed by atoms with van der Waals surface area (Å²) in [5.41, 5.74) is 3.32. The van der Waals surface area contributed by atoms with Gasteiger partial charge in [-0.15, -0.1) is 0 Å². The first-order valence-corrected chi connectivity index (χ1v) is 8.87. The first-order chi connectivity index (χ1) is 11.7. The van der Waals surface area contributed by atoms with Crippen molar-refractivity contribution in [3.8, 4) is 0 Å². The predicted octanol–water partition coefficient (Wildman–Crippen LogP) is 4.53. The van der Waals surface area contributed by atoms with E-state index >= 15 is 0 Å². The lowest BCUT2D eigenvalue weighted by Gasteiger charge is -2.12. The molecule has 1 saturated heterocycles. The van der Waals surface area contributed by atoms with Gasteiger partial charge in [0.25, 0.3) is 11.1 Å². The summed E-state index contributed by atoms with van der Waals surface area (Å²) >= 11 is 1.02. The predicted molar refractivity (Wildman–Crippen MR) is 98.6 cm³/mol. The van der Waals surface area contributed by atoms with E-state index in [4.69, 9.17) is 0 Å². The lowest BCUT2D eigenvalue weighted by atomic mass is 10.1. The average Bonchev–Trinajstić information content (AvgIpc) is 2.88. The number of benzene rings is 2. The lowest BCUT2D eigenvalue weighted by molar-refractivity contribution is -0.122. The summed E-state index contributed by atoms with van der Waals surface area (Å²) < 4.78 is 0. The van der Waals surface area contributed by atoms with Crippen LogP contribution in [0.25, 0.3) is 6.08 Å². The van der Waals surface area contributed by atoms with Crippen LogP contribution < -0.4 is 0 Å². The number of amides is 2. The number of thioether (sulfide) groups is 1. The summed E-state index contributed by atoms with van der Waals surface area (Å²) in [6, 6.07) is 17.9. The molecule has 0 unspecified atom stereocenters. The first kappa shape index (κ1) is 16.5. The van der Waals surface area contributed by atoms with Gasteiger partial charge in [0.15, 0.2) is 0 Å². The van der Waals surface area contributed by atoms with Crippen molar-refractivity contribution in [2.75, 3.05) is 6.54 Å². The number of carbonyl (C=O) groups is 2. The van der Waals surface area contributed by atoms with E-state index < -0.39 is 0 Å². The molecular weight excluding hydrogens is 318 g/mol. The number of hydrogen-bond donors (Lipinski definition) is 0. The molecule has 24 heavy (non-hydrogen) atoms. The van der Waals surface area contributed by atoms with Crippen molar-refractivity contribution in [3.05, 3.63) is 76.2 Å². The van der Waals surface area contributed by atoms with E-state index in [2.05, 4.69) is 6.92 Å². The molecule has 2 aromatic rings. The normalized spacial score (nSPS) is 16.2. The second-order valence-corrected chi connectivity index (χ2v) is 6.66. The molecule has 1 aliphatic heterocycles. The van der Waals surface area contributed by atoms with Crippen molar-refractivity contribution < 1.29 is 9.59 Å². The van der Waals surface area contributed by atoms with Crippen LogP contribution in [0.5, 0.6) is 0 Å². The summed E-state index contributed by atoms with van der Waals surface area (Å²) in [4.78, 5) is 26.4. The van der Waals surface area contributed by atoms with Crippen LogP contribution in [0.15, 0.2) is 59.5 Å². The molecular formula is C20H19NO2S. The van der Waals surface area contributed by atoms with Gasteiger partial charge in [-0.25, -0.2) is 0 Å². The second-order valence-electron chi connectivity index (χ2n) is 5.66. The molecule has 0 N–H and O–H groups in total. The van der Waals surface area contributed by atoms with Gasteiger partial charge >= 0.3 is 0 Å². The molecule has 0 aromatic heterocycles. The van der Waals surface area contributed by atoms with Crippen LogP contribution in [0.1, 0.15) is 23.6 Å². The standard InChI is InChI=1S/C20H19NO2S/c1-2-15-8-10-17(11-9-15)14-18-19(22)21(20(23)24-18)13-12-16-6-4-3-5-7-16/h3-11,14H,2,12-13H2,1H3/b18-14-. The summed E-state index contributed by atoms with van der Waals surface area (Å²) in [6.45, 7) is 2.52. The Morgan fingerprint density at radius 2 is 1.67 bits per heavy atom. The molecule has 0 bridgehead atoms. The van der Waals surface area contributed by atoms with Crippen LogP contribution in [0.2, 0.25) is 0 Å². The minimum Gasteiger partial charge on any atom is -0.268 e. The lowest BCUT2D eigenvalue weighted by Crippen LogP contribution is -2.30. The molecule has 3 nitrogen and oxygen atoms in total. The van der Waals surface area contributed by atoms with E-state index in [-0.39, 0.29) is 11.1 Å². The number of carbonyl (C=O) groups excluding carboxylic acids is 2. The monoisotopic (exact) mass is 337 g/mol. The third-order valence-corrected chi connectivity index (χ3v) is 4.93. The fourth-order valence-electron chi connectivity index (χ4n) is 2.58. The first-order valence-electron chi connectivity index (χ1n) is 8.05. The molecule has 3 rings (SSSR count). The Bertz CT molecular complexity index is 766. The number of imide groups is 1. The van der Waals surface area contributed by atoms with Gasteiger partial charge < -0.3 is 0 Å². The molecule has 1 heterocycles. The smallest absolute Gasteiger partial charge is 0.268 e. The molecule has 0 spiro atoms. The van der Waals surface area contributed by atoms with Gasteiger partial charge in [0.1, 0.15) is 0 Å². The van der Waals surface area contributed by atoms with Crippen LogP contribution in [-0.4, -0.2) is 22.6 Å². The molecule has 122 valence electrons. The Labute approximate surface area is 146 Å². The Balaban J connectivity index is 1.69. The average molecular weight is 337 g/mol. The highest BCUT2D eigenvalue weighted by molar-refractivity contribution is 8.18. The highest BCUT2D eigenvalue weighted by Crippen LogP contribution is 2.32. The maximum atomic E-state index is 12.5. The van der Waals surface area contributed by atoms with Crippen LogP contribution >= 0.6 is 11.8 Å². The number of hydrogen-bond acceptors (Lipinski definition) is 3. The maximum absolute atomic E-state index is 12.5. The zero-order valence-electron chi connectivity index (χ0n) is 13.6. The summed E-state index contributed by atoms with van der Waals surface area (Å²) in [7, 11) is 0. The van der Waals surface area contributed by atoms with Crippen molar-refractivity contribution in [3.63, 3.8) is 0 Å². The second kappa shape index (κ2) is 7.49. The minimum atomic E-state index is -0.194. The van der Waals surface area contributed by atoms with Gasteiger partial charge in [-0.05, 0) is 47.4 Å². The molecule has 0 radical (unpaired) electrons. The molecule has 2 aromatic carbocycles. The van der Waals surface area contributed by atoms with Gasteiger partial charge in [-0.1, -0.05) is 61.5 Å². The Morgan fingerprint density at radius 1 is 0.958 bits per heavy atom. The number of nitrogens with zero attached hydrogens (tertiary/aromatic N) is 1. The highest BCUT2D eigenvalue weighted by atomic mass is 32.2. The SMILES string of the molecule is CCc1ccc(/C=C2\SC(=O)N(CCc3ccccc3)C2=O)cc1. The van der Waals surface area contributed by atoms with Gasteiger partial charge in [-0.3, -0.25) is 14.5 Å². The van der Waals surface area contributed by atoms with Crippen LogP contribution in [-0.2, 0) is 17.6 Å². The molecule has 4 heteroatoms. The topological polar surface area (TPSA) is 37.4 Å². The van der Waals surface area contributed by atoms with E-state index in [1.54, 1.807) is 6.08 Å². The van der Waals surface area contributed by atoms with Crippen LogP contribution in [0.3, 0.4) is 0 Å². The summed E-state index contributed by atoms with van der Waals surface area (Å²) in [5, 5.41) is -0.188. The summed E-state index contributed by atoms with van der Waals surface area (Å²) in [6.07, 6.45) is 3.46. The highest BCUT2D eigenvalue weighted by Gasteiger charge is 2.34. The van der Waals surface area contributed by atoms with Gasteiger partial charge in [0.2, 0.25) is 0 Å². The van der Waals surface area contributed by atoms with Crippen molar-refractivity contribution in [1.29, 1.82) is 0 Å². The van der Waals surface area contributed by atoms with Crippen molar-refractivity contribution in [2.45, 2.75) is 19.8 Å². The molecule has 2 amide bonds. The van der Waals surface area contributed by atoms with Crippen molar-refractivity contribution >= 4 is 29.0 Å².